The molecule has 0 unspecified atom stereocenters. The van der Waals surface area contributed by atoms with Gasteiger partial charge in [0.15, 0.2) is 5.78 Å². The summed E-state index contributed by atoms with van der Waals surface area (Å²) in [5.41, 5.74) is 2.78. The van der Waals surface area contributed by atoms with Gasteiger partial charge in [-0.2, -0.15) is 4.31 Å². The van der Waals surface area contributed by atoms with Crippen molar-refractivity contribution in [1.29, 1.82) is 0 Å². The van der Waals surface area contributed by atoms with Gasteiger partial charge in [0.05, 0.1) is 18.6 Å². The number of methoxy groups -OCH3 is 1. The maximum absolute atomic E-state index is 13.3. The van der Waals surface area contributed by atoms with Gasteiger partial charge >= 0.3 is 5.97 Å². The molecule has 0 saturated carbocycles. The first kappa shape index (κ1) is 24.8. The van der Waals surface area contributed by atoms with Crippen molar-refractivity contribution < 1.29 is 22.7 Å². The van der Waals surface area contributed by atoms with E-state index in [2.05, 4.69) is 0 Å². The van der Waals surface area contributed by atoms with Crippen molar-refractivity contribution >= 4 is 21.8 Å². The predicted molar refractivity (Wildman–Crippen MR) is 120 cm³/mol. The summed E-state index contributed by atoms with van der Waals surface area (Å²) in [5, 5.41) is 0. The highest BCUT2D eigenvalue weighted by Gasteiger charge is 2.31. The second kappa shape index (κ2) is 9.78. The van der Waals surface area contributed by atoms with E-state index in [1.165, 1.54) is 11.4 Å². The monoisotopic (exact) mass is 448 g/mol. The molecule has 1 aromatic carbocycles. The SMILES string of the molecule is CCn1c(C)c(C(=O)CN(CC(C)C)S(=O)(=O)c2ccc(C)cc2)c(C)c1C(=O)OC. The molecular weight excluding hydrogens is 416 g/mol. The first-order valence-corrected chi connectivity index (χ1v) is 11.8. The molecule has 0 atom stereocenters. The molecule has 0 radical (unpaired) electrons. The van der Waals surface area contributed by atoms with E-state index in [0.29, 0.717) is 29.1 Å². The summed E-state index contributed by atoms with van der Waals surface area (Å²) in [6, 6.07) is 6.59. The third kappa shape index (κ3) is 5.07. The van der Waals surface area contributed by atoms with Gasteiger partial charge in [-0.25, -0.2) is 13.2 Å². The molecule has 0 aliphatic heterocycles. The number of benzene rings is 1. The topological polar surface area (TPSA) is 85.7 Å². The number of esters is 1. The molecule has 0 bridgehead atoms. The van der Waals surface area contributed by atoms with Gasteiger partial charge < -0.3 is 9.30 Å². The molecule has 8 heteroatoms. The number of ketones is 1. The summed E-state index contributed by atoms with van der Waals surface area (Å²) in [6.45, 7) is 11.4. The standard InChI is InChI=1S/C23H32N2O5S/c1-8-25-18(6)21(17(5)22(25)23(27)30-7)20(26)14-24(13-15(2)3)31(28,29)19-11-9-16(4)10-12-19/h9-12,15H,8,13-14H2,1-7H3. The highest BCUT2D eigenvalue weighted by atomic mass is 32.2. The Bertz CT molecular complexity index is 1070. The van der Waals surface area contributed by atoms with E-state index in [4.69, 9.17) is 4.74 Å². The molecule has 0 spiro atoms. The fourth-order valence-corrected chi connectivity index (χ4v) is 5.37. The van der Waals surface area contributed by atoms with Crippen LogP contribution in [0.15, 0.2) is 29.2 Å². The summed E-state index contributed by atoms with van der Waals surface area (Å²) in [5.74, 6) is -0.836. The zero-order valence-corrected chi connectivity index (χ0v) is 20.2. The second-order valence-electron chi connectivity index (χ2n) is 8.10. The molecular formula is C23H32N2O5S. The Balaban J connectivity index is 2.50. The van der Waals surface area contributed by atoms with Crippen molar-refractivity contribution in [3.63, 3.8) is 0 Å². The van der Waals surface area contributed by atoms with Gasteiger partial charge in [0.25, 0.3) is 0 Å². The minimum Gasteiger partial charge on any atom is -0.464 e. The predicted octanol–water partition coefficient (Wildman–Crippen LogP) is 3.75. The van der Waals surface area contributed by atoms with Gasteiger partial charge in [0.2, 0.25) is 10.0 Å². The lowest BCUT2D eigenvalue weighted by Crippen LogP contribution is -2.38. The minimum absolute atomic E-state index is 0.0288. The Morgan fingerprint density at radius 1 is 1.10 bits per heavy atom. The molecule has 7 nitrogen and oxygen atoms in total. The molecule has 1 heterocycles. The lowest BCUT2D eigenvalue weighted by atomic mass is 10.1. The maximum atomic E-state index is 13.3. The number of carbonyl (C=O) groups is 2. The minimum atomic E-state index is -3.86. The van der Waals surface area contributed by atoms with Crippen LogP contribution in [-0.4, -0.2) is 49.2 Å². The Morgan fingerprint density at radius 2 is 1.68 bits per heavy atom. The summed E-state index contributed by atoms with van der Waals surface area (Å²) in [6.07, 6.45) is 0. The number of aryl methyl sites for hydroxylation is 1. The molecule has 31 heavy (non-hydrogen) atoms. The zero-order valence-electron chi connectivity index (χ0n) is 19.4. The third-order valence-corrected chi connectivity index (χ3v) is 7.11. The van der Waals surface area contributed by atoms with Crippen molar-refractivity contribution in [2.24, 2.45) is 5.92 Å². The van der Waals surface area contributed by atoms with E-state index >= 15 is 0 Å². The Hall–Kier alpha value is -2.45. The molecule has 0 aliphatic carbocycles. The molecule has 0 N–H and O–H groups in total. The quantitative estimate of drug-likeness (QED) is 0.431. The average molecular weight is 449 g/mol. The van der Waals surface area contributed by atoms with Crippen molar-refractivity contribution in [1.82, 2.24) is 8.87 Å². The van der Waals surface area contributed by atoms with E-state index in [0.717, 1.165) is 5.56 Å². The molecule has 2 rings (SSSR count). The van der Waals surface area contributed by atoms with Crippen LogP contribution in [0.1, 0.15) is 58.4 Å². The Morgan fingerprint density at radius 3 is 2.16 bits per heavy atom. The lowest BCUT2D eigenvalue weighted by molar-refractivity contribution is 0.0587. The van der Waals surface area contributed by atoms with Gasteiger partial charge in [-0.1, -0.05) is 31.5 Å². The molecule has 0 saturated heterocycles. The van der Waals surface area contributed by atoms with Crippen molar-refractivity contribution in [3.05, 3.63) is 52.3 Å². The second-order valence-corrected chi connectivity index (χ2v) is 10.0. The normalized spacial score (nSPS) is 11.9. The number of nitrogens with zero attached hydrogens (tertiary/aromatic N) is 2. The number of hydrogen-bond donors (Lipinski definition) is 0. The van der Waals surface area contributed by atoms with Crippen molar-refractivity contribution in [3.8, 4) is 0 Å². The van der Waals surface area contributed by atoms with Crippen LogP contribution >= 0.6 is 0 Å². The summed E-state index contributed by atoms with van der Waals surface area (Å²) in [4.78, 5) is 25.8. The summed E-state index contributed by atoms with van der Waals surface area (Å²) >= 11 is 0. The smallest absolute Gasteiger partial charge is 0.354 e. The number of ether oxygens (including phenoxy) is 1. The number of sulfonamides is 1. The van der Waals surface area contributed by atoms with Gasteiger partial charge in [-0.15, -0.1) is 0 Å². The van der Waals surface area contributed by atoms with Crippen molar-refractivity contribution in [2.45, 2.75) is 53.0 Å². The van der Waals surface area contributed by atoms with Crippen LogP contribution in [0.3, 0.4) is 0 Å². The Kier molecular flexibility index (Phi) is 7.83. The number of carbonyl (C=O) groups excluding carboxylic acids is 2. The molecule has 2 aromatic rings. The number of hydrogen-bond acceptors (Lipinski definition) is 5. The van der Waals surface area contributed by atoms with Crippen LogP contribution in [0.25, 0.3) is 0 Å². The third-order valence-electron chi connectivity index (χ3n) is 5.29. The van der Waals surface area contributed by atoms with Gasteiger partial charge in [0, 0.05) is 24.3 Å². The van der Waals surface area contributed by atoms with Gasteiger partial charge in [-0.3, -0.25) is 4.79 Å². The van der Waals surface area contributed by atoms with Crippen LogP contribution < -0.4 is 0 Å². The summed E-state index contributed by atoms with van der Waals surface area (Å²) in [7, 11) is -2.56. The zero-order chi connectivity index (χ0) is 23.5. The molecule has 0 fully saturated rings. The summed E-state index contributed by atoms with van der Waals surface area (Å²) < 4.78 is 34.4. The number of aromatic nitrogens is 1. The first-order valence-electron chi connectivity index (χ1n) is 10.3. The van der Waals surface area contributed by atoms with E-state index in [1.54, 1.807) is 42.7 Å². The van der Waals surface area contributed by atoms with E-state index in [-0.39, 0.29) is 29.7 Å². The van der Waals surface area contributed by atoms with Crippen LogP contribution in [0.4, 0.5) is 0 Å². The molecule has 1 aromatic heterocycles. The Labute approximate surface area is 185 Å². The van der Waals surface area contributed by atoms with Crippen LogP contribution in [0, 0.1) is 26.7 Å². The fraction of sp³-hybridized carbons (Fsp3) is 0.478. The van der Waals surface area contributed by atoms with Crippen LogP contribution in [0.2, 0.25) is 0 Å². The van der Waals surface area contributed by atoms with Crippen LogP contribution in [0.5, 0.6) is 0 Å². The first-order chi connectivity index (χ1) is 14.4. The average Bonchev–Trinajstić information content (AvgIpc) is 2.96. The van der Waals surface area contributed by atoms with Crippen LogP contribution in [-0.2, 0) is 21.3 Å². The largest absolute Gasteiger partial charge is 0.464 e. The van der Waals surface area contributed by atoms with E-state index < -0.39 is 16.0 Å². The van der Waals surface area contributed by atoms with Gasteiger partial charge in [-0.05, 0) is 51.3 Å². The molecule has 0 amide bonds. The molecule has 170 valence electrons. The fourth-order valence-electron chi connectivity index (χ4n) is 3.81. The lowest BCUT2D eigenvalue weighted by Gasteiger charge is -2.23. The van der Waals surface area contributed by atoms with E-state index in [9.17, 15) is 18.0 Å². The molecule has 0 aliphatic rings. The highest BCUT2D eigenvalue weighted by molar-refractivity contribution is 7.89. The van der Waals surface area contributed by atoms with Crippen molar-refractivity contribution in [2.75, 3.05) is 20.2 Å². The van der Waals surface area contributed by atoms with Gasteiger partial charge in [0.1, 0.15) is 5.69 Å². The highest BCUT2D eigenvalue weighted by Crippen LogP contribution is 2.25. The number of Topliss-reactive ketones (excluding diaryl/α,β-unsaturated/α-hetero) is 1. The maximum Gasteiger partial charge on any atom is 0.354 e. The van der Waals surface area contributed by atoms with E-state index in [1.807, 2.05) is 27.7 Å². The number of rotatable bonds is 9.